The highest BCUT2D eigenvalue weighted by Gasteiger charge is 2.30. The molecule has 0 aliphatic carbocycles. The van der Waals surface area contributed by atoms with Gasteiger partial charge >= 0.3 is 0 Å². The summed E-state index contributed by atoms with van der Waals surface area (Å²) < 4.78 is 11.0. The summed E-state index contributed by atoms with van der Waals surface area (Å²) >= 11 is 0. The zero-order valence-electron chi connectivity index (χ0n) is 12.4. The molecule has 5 heteroatoms. The highest BCUT2D eigenvalue weighted by molar-refractivity contribution is 4.81. The maximum atomic E-state index is 10.0. The Labute approximate surface area is 111 Å². The van der Waals surface area contributed by atoms with Crippen LogP contribution >= 0.6 is 0 Å². The van der Waals surface area contributed by atoms with E-state index in [1.54, 1.807) is 21.0 Å². The SMILES string of the molecule is COCC(COC(C)(C)CC(N)CN)C(C)(C)O. The number of nitrogens with two attached hydrogens (primary N) is 2. The third-order valence-corrected chi connectivity index (χ3v) is 3.10. The van der Waals surface area contributed by atoms with E-state index in [4.69, 9.17) is 20.9 Å². The molecule has 0 amide bonds. The van der Waals surface area contributed by atoms with Crippen molar-refractivity contribution in [3.8, 4) is 0 Å². The lowest BCUT2D eigenvalue weighted by molar-refractivity contribution is -0.103. The van der Waals surface area contributed by atoms with Crippen molar-refractivity contribution in [3.63, 3.8) is 0 Å². The Balaban J connectivity index is 4.33. The molecule has 0 aliphatic heterocycles. The van der Waals surface area contributed by atoms with E-state index >= 15 is 0 Å². The van der Waals surface area contributed by atoms with Crippen LogP contribution in [-0.4, -0.2) is 49.2 Å². The van der Waals surface area contributed by atoms with E-state index in [1.807, 2.05) is 13.8 Å². The summed E-state index contributed by atoms with van der Waals surface area (Å²) in [5.74, 6) is -0.0733. The Morgan fingerprint density at radius 1 is 1.17 bits per heavy atom. The van der Waals surface area contributed by atoms with Gasteiger partial charge in [0.15, 0.2) is 0 Å². The molecule has 0 rings (SSSR count). The zero-order valence-corrected chi connectivity index (χ0v) is 12.4. The van der Waals surface area contributed by atoms with E-state index in [0.29, 0.717) is 26.2 Å². The largest absolute Gasteiger partial charge is 0.390 e. The van der Waals surface area contributed by atoms with E-state index in [2.05, 4.69) is 0 Å². The molecule has 2 atom stereocenters. The normalized spacial score (nSPS) is 16.7. The maximum absolute atomic E-state index is 10.0. The molecule has 0 radical (unpaired) electrons. The summed E-state index contributed by atoms with van der Waals surface area (Å²) in [6.45, 7) is 8.83. The topological polar surface area (TPSA) is 90.7 Å². The van der Waals surface area contributed by atoms with Crippen LogP contribution in [0.3, 0.4) is 0 Å². The Morgan fingerprint density at radius 3 is 2.11 bits per heavy atom. The van der Waals surface area contributed by atoms with Crippen molar-refractivity contribution >= 4 is 0 Å². The summed E-state index contributed by atoms with van der Waals surface area (Å²) in [7, 11) is 1.62. The first-order valence-corrected chi connectivity index (χ1v) is 6.43. The van der Waals surface area contributed by atoms with Gasteiger partial charge in [-0.1, -0.05) is 0 Å². The molecule has 0 saturated carbocycles. The quantitative estimate of drug-likeness (QED) is 0.562. The average Bonchev–Trinajstić information content (AvgIpc) is 2.21. The van der Waals surface area contributed by atoms with E-state index in [1.165, 1.54) is 0 Å². The minimum Gasteiger partial charge on any atom is -0.390 e. The summed E-state index contributed by atoms with van der Waals surface area (Å²) in [6, 6.07) is -0.0667. The zero-order chi connectivity index (χ0) is 14.4. The standard InChI is InChI=1S/C13H30N2O3/c1-12(2,6-11(15)7-14)18-9-10(8-17-5)13(3,4)16/h10-11,16H,6-9,14-15H2,1-5H3. The second-order valence-corrected chi connectivity index (χ2v) is 6.08. The third-order valence-electron chi connectivity index (χ3n) is 3.10. The van der Waals surface area contributed by atoms with Crippen LogP contribution in [0.5, 0.6) is 0 Å². The van der Waals surface area contributed by atoms with E-state index in [-0.39, 0.29) is 17.6 Å². The number of hydrogen-bond acceptors (Lipinski definition) is 5. The fraction of sp³-hybridized carbons (Fsp3) is 1.00. The summed E-state index contributed by atoms with van der Waals surface area (Å²) in [5.41, 5.74) is 10.2. The molecule has 0 fully saturated rings. The van der Waals surface area contributed by atoms with Gasteiger partial charge in [0.25, 0.3) is 0 Å². The first kappa shape index (κ1) is 17.8. The number of hydrogen-bond donors (Lipinski definition) is 3. The van der Waals surface area contributed by atoms with E-state index in [9.17, 15) is 5.11 Å². The Hall–Kier alpha value is -0.200. The molecule has 0 saturated heterocycles. The number of ether oxygens (including phenoxy) is 2. The first-order chi connectivity index (χ1) is 8.12. The Bertz CT molecular complexity index is 227. The van der Waals surface area contributed by atoms with Crippen LogP contribution in [0.1, 0.15) is 34.1 Å². The van der Waals surface area contributed by atoms with Crippen molar-refractivity contribution in [1.29, 1.82) is 0 Å². The molecule has 0 aromatic rings. The van der Waals surface area contributed by atoms with Crippen LogP contribution in [0.15, 0.2) is 0 Å². The predicted molar refractivity (Wildman–Crippen MR) is 73.3 cm³/mol. The molecular formula is C13H30N2O3. The predicted octanol–water partition coefficient (Wildman–Crippen LogP) is 0.491. The molecule has 0 aliphatic rings. The van der Waals surface area contributed by atoms with Gasteiger partial charge in [0.05, 0.1) is 24.4 Å². The molecule has 0 spiro atoms. The number of rotatable bonds is 9. The van der Waals surface area contributed by atoms with Gasteiger partial charge in [-0.3, -0.25) is 0 Å². The second kappa shape index (κ2) is 7.40. The number of aliphatic hydroxyl groups is 1. The van der Waals surface area contributed by atoms with Crippen LogP contribution in [0.4, 0.5) is 0 Å². The van der Waals surface area contributed by atoms with Crippen LogP contribution in [0.25, 0.3) is 0 Å². The van der Waals surface area contributed by atoms with E-state index in [0.717, 1.165) is 0 Å². The highest BCUT2D eigenvalue weighted by atomic mass is 16.5. The molecule has 0 aromatic heterocycles. The summed E-state index contributed by atoms with van der Waals surface area (Å²) in [5, 5.41) is 10.0. The van der Waals surface area contributed by atoms with Gasteiger partial charge < -0.3 is 26.0 Å². The Morgan fingerprint density at radius 2 is 1.72 bits per heavy atom. The summed E-state index contributed by atoms with van der Waals surface area (Å²) in [6.07, 6.45) is 0.690. The molecule has 5 nitrogen and oxygen atoms in total. The Kier molecular flexibility index (Phi) is 7.32. The van der Waals surface area contributed by atoms with Crippen molar-refractivity contribution in [3.05, 3.63) is 0 Å². The number of methoxy groups -OCH3 is 1. The molecule has 5 N–H and O–H groups in total. The first-order valence-electron chi connectivity index (χ1n) is 6.43. The van der Waals surface area contributed by atoms with Crippen LogP contribution in [0.2, 0.25) is 0 Å². The fourth-order valence-electron chi connectivity index (χ4n) is 1.76. The summed E-state index contributed by atoms with van der Waals surface area (Å²) in [4.78, 5) is 0. The molecular weight excluding hydrogens is 232 g/mol. The van der Waals surface area contributed by atoms with Gasteiger partial charge in [0.1, 0.15) is 0 Å². The van der Waals surface area contributed by atoms with Crippen LogP contribution in [-0.2, 0) is 9.47 Å². The van der Waals surface area contributed by atoms with Gasteiger partial charge in [-0.15, -0.1) is 0 Å². The van der Waals surface area contributed by atoms with Gasteiger partial charge in [-0.2, -0.15) is 0 Å². The minimum atomic E-state index is -0.831. The van der Waals surface area contributed by atoms with Gasteiger partial charge in [-0.25, -0.2) is 0 Å². The molecule has 2 unspecified atom stereocenters. The molecule has 0 bridgehead atoms. The lowest BCUT2D eigenvalue weighted by atomic mass is 9.92. The van der Waals surface area contributed by atoms with Crippen molar-refractivity contribution in [1.82, 2.24) is 0 Å². The van der Waals surface area contributed by atoms with Gasteiger partial charge in [-0.05, 0) is 34.1 Å². The van der Waals surface area contributed by atoms with Crippen molar-refractivity contribution < 1.29 is 14.6 Å². The van der Waals surface area contributed by atoms with Crippen LogP contribution < -0.4 is 11.5 Å². The fourth-order valence-corrected chi connectivity index (χ4v) is 1.76. The third kappa shape index (κ3) is 7.28. The van der Waals surface area contributed by atoms with Crippen LogP contribution in [0, 0.1) is 5.92 Å². The minimum absolute atomic E-state index is 0.0667. The lowest BCUT2D eigenvalue weighted by Crippen LogP contribution is -2.43. The monoisotopic (exact) mass is 262 g/mol. The highest BCUT2D eigenvalue weighted by Crippen LogP contribution is 2.22. The van der Waals surface area contributed by atoms with E-state index < -0.39 is 5.60 Å². The van der Waals surface area contributed by atoms with Gasteiger partial charge in [0.2, 0.25) is 0 Å². The molecule has 0 aromatic carbocycles. The molecule has 18 heavy (non-hydrogen) atoms. The smallest absolute Gasteiger partial charge is 0.0663 e. The molecule has 110 valence electrons. The second-order valence-electron chi connectivity index (χ2n) is 6.08. The lowest BCUT2D eigenvalue weighted by Gasteiger charge is -2.34. The van der Waals surface area contributed by atoms with Crippen molar-refractivity contribution in [2.24, 2.45) is 17.4 Å². The average molecular weight is 262 g/mol. The van der Waals surface area contributed by atoms with Crippen molar-refractivity contribution in [2.75, 3.05) is 26.9 Å². The van der Waals surface area contributed by atoms with Crippen molar-refractivity contribution in [2.45, 2.75) is 51.4 Å². The van der Waals surface area contributed by atoms with Gasteiger partial charge in [0, 0.05) is 25.6 Å². The maximum Gasteiger partial charge on any atom is 0.0663 e. The molecule has 0 heterocycles.